The molecule has 0 aromatic carbocycles. The van der Waals surface area contributed by atoms with Crippen molar-refractivity contribution in [2.75, 3.05) is 0 Å². The number of rotatable bonds is 4. The van der Waals surface area contributed by atoms with Gasteiger partial charge in [0.25, 0.3) is 0 Å². The van der Waals surface area contributed by atoms with Crippen molar-refractivity contribution in [3.8, 4) is 0 Å². The van der Waals surface area contributed by atoms with E-state index in [4.69, 9.17) is 19.7 Å². The number of hydrogen-bond donors (Lipinski definition) is 2. The molecule has 84 valence electrons. The van der Waals surface area contributed by atoms with E-state index < -0.39 is 0 Å². The van der Waals surface area contributed by atoms with Gasteiger partial charge in [-0.1, -0.05) is 0 Å². The smallest absolute Gasteiger partial charge is 0.130 e. The monoisotopic (exact) mass is 219 g/mol. The van der Waals surface area contributed by atoms with Crippen molar-refractivity contribution in [1.82, 2.24) is 0 Å². The Morgan fingerprint density at radius 2 is 1.56 bits per heavy atom. The summed E-state index contributed by atoms with van der Waals surface area (Å²) in [6, 6.07) is 7.19. The van der Waals surface area contributed by atoms with Crippen LogP contribution in [0.5, 0.6) is 0 Å². The highest BCUT2D eigenvalue weighted by Gasteiger charge is 1.99. The molecule has 2 heterocycles. The van der Waals surface area contributed by atoms with Gasteiger partial charge in [0.15, 0.2) is 0 Å². The summed E-state index contributed by atoms with van der Waals surface area (Å²) < 4.78 is 10.7. The van der Waals surface area contributed by atoms with E-state index in [0.717, 1.165) is 11.5 Å². The van der Waals surface area contributed by atoms with Gasteiger partial charge in [0.2, 0.25) is 0 Å². The molecule has 0 spiro atoms. The van der Waals surface area contributed by atoms with Gasteiger partial charge in [-0.25, -0.2) is 0 Å². The first-order chi connectivity index (χ1) is 7.81. The first-order valence-electron chi connectivity index (χ1n) is 4.98. The fourth-order valence-corrected chi connectivity index (χ4v) is 1.33. The molecule has 4 nitrogen and oxygen atoms in total. The van der Waals surface area contributed by atoms with Gasteiger partial charge in [0.05, 0.1) is 6.54 Å². The van der Waals surface area contributed by atoms with E-state index in [9.17, 15) is 0 Å². The highest BCUT2D eigenvalue weighted by atomic mass is 16.4. The maximum atomic E-state index is 8.82. The van der Waals surface area contributed by atoms with Crippen LogP contribution < -0.4 is 5.73 Å². The molecule has 0 aliphatic carbocycles. The zero-order valence-electron chi connectivity index (χ0n) is 8.72. The lowest BCUT2D eigenvalue weighted by atomic mass is 10.3. The average molecular weight is 219 g/mol. The minimum Gasteiger partial charge on any atom is -0.460 e. The van der Waals surface area contributed by atoms with Crippen LogP contribution in [0.15, 0.2) is 33.1 Å². The van der Waals surface area contributed by atoms with Gasteiger partial charge < -0.3 is 19.7 Å². The highest BCUT2D eigenvalue weighted by molar-refractivity contribution is 5.64. The summed E-state index contributed by atoms with van der Waals surface area (Å²) in [4.78, 5) is 0. The molecule has 0 fully saturated rings. The van der Waals surface area contributed by atoms with Gasteiger partial charge in [0.1, 0.15) is 29.6 Å². The fourth-order valence-electron chi connectivity index (χ4n) is 1.33. The third kappa shape index (κ3) is 2.42. The van der Waals surface area contributed by atoms with E-state index >= 15 is 0 Å². The number of aliphatic hydroxyl groups excluding tert-OH is 1. The van der Waals surface area contributed by atoms with Gasteiger partial charge in [-0.2, -0.15) is 0 Å². The first-order valence-corrected chi connectivity index (χ1v) is 4.98. The van der Waals surface area contributed by atoms with E-state index in [1.54, 1.807) is 24.3 Å². The summed E-state index contributed by atoms with van der Waals surface area (Å²) >= 11 is 0. The normalized spacial score (nSPS) is 11.4. The quantitative estimate of drug-likeness (QED) is 0.824. The fraction of sp³-hybridized carbons (Fsp3) is 0.167. The Morgan fingerprint density at radius 3 is 2.00 bits per heavy atom. The molecule has 0 amide bonds. The van der Waals surface area contributed by atoms with Crippen molar-refractivity contribution in [1.29, 1.82) is 0 Å². The Hall–Kier alpha value is -1.78. The molecule has 0 aliphatic rings. The summed E-state index contributed by atoms with van der Waals surface area (Å²) in [5.74, 6) is 2.69. The Bertz CT molecular complexity index is 438. The van der Waals surface area contributed by atoms with E-state index in [1.807, 2.05) is 12.1 Å². The van der Waals surface area contributed by atoms with Gasteiger partial charge in [0, 0.05) is 0 Å². The molecule has 4 heteroatoms. The molecule has 0 radical (unpaired) electrons. The molecule has 0 bridgehead atoms. The van der Waals surface area contributed by atoms with E-state index in [2.05, 4.69) is 0 Å². The maximum absolute atomic E-state index is 8.82. The molecular weight excluding hydrogens is 206 g/mol. The summed E-state index contributed by atoms with van der Waals surface area (Å²) in [6.45, 7) is 0.301. The molecular formula is C12H13NO3. The number of aliphatic hydroxyl groups is 1. The molecule has 16 heavy (non-hydrogen) atoms. The minimum atomic E-state index is -0.0914. The van der Waals surface area contributed by atoms with Crippen LogP contribution in [0.2, 0.25) is 0 Å². The van der Waals surface area contributed by atoms with Crippen molar-refractivity contribution in [2.45, 2.75) is 13.2 Å². The number of hydrogen-bond acceptors (Lipinski definition) is 4. The highest BCUT2D eigenvalue weighted by Crippen LogP contribution is 2.14. The van der Waals surface area contributed by atoms with Crippen molar-refractivity contribution >= 4 is 12.2 Å². The summed E-state index contributed by atoms with van der Waals surface area (Å²) in [5, 5.41) is 8.82. The third-order valence-corrected chi connectivity index (χ3v) is 2.13. The Balaban J connectivity index is 2.08. The summed E-state index contributed by atoms with van der Waals surface area (Å²) in [6.07, 6.45) is 3.57. The lowest BCUT2D eigenvalue weighted by molar-refractivity contribution is 0.246. The second-order valence-corrected chi connectivity index (χ2v) is 3.30. The standard InChI is InChI=1S/C12H13NO3/c13-7-11-5-3-9(15-11)1-2-10-4-6-12(8-14)16-10/h1-6,14H,7-8,13H2/b2-1-. The number of furan rings is 2. The van der Waals surface area contributed by atoms with Gasteiger partial charge in [-0.3, -0.25) is 0 Å². The molecule has 0 saturated heterocycles. The van der Waals surface area contributed by atoms with Crippen LogP contribution in [-0.2, 0) is 13.2 Å². The lowest BCUT2D eigenvalue weighted by Crippen LogP contribution is -1.92. The molecule has 0 atom stereocenters. The minimum absolute atomic E-state index is 0.0914. The molecule has 0 aliphatic heterocycles. The predicted octanol–water partition coefficient (Wildman–Crippen LogP) is 1.99. The molecule has 0 unspecified atom stereocenters. The van der Waals surface area contributed by atoms with Crippen molar-refractivity contribution in [2.24, 2.45) is 5.73 Å². The number of nitrogens with two attached hydrogens (primary N) is 1. The van der Waals surface area contributed by atoms with Crippen LogP contribution in [0.1, 0.15) is 23.0 Å². The van der Waals surface area contributed by atoms with Crippen molar-refractivity contribution < 1.29 is 13.9 Å². The predicted molar refractivity (Wildman–Crippen MR) is 60.2 cm³/mol. The Morgan fingerprint density at radius 1 is 1.00 bits per heavy atom. The van der Waals surface area contributed by atoms with Crippen LogP contribution in [0.4, 0.5) is 0 Å². The van der Waals surface area contributed by atoms with E-state index in [1.165, 1.54) is 0 Å². The molecule has 3 N–H and O–H groups in total. The van der Waals surface area contributed by atoms with Crippen LogP contribution in [0, 0.1) is 0 Å². The van der Waals surface area contributed by atoms with Crippen molar-refractivity contribution in [3.05, 3.63) is 47.3 Å². The van der Waals surface area contributed by atoms with Gasteiger partial charge >= 0.3 is 0 Å². The second-order valence-electron chi connectivity index (χ2n) is 3.30. The lowest BCUT2D eigenvalue weighted by Gasteiger charge is -1.88. The SMILES string of the molecule is NCc1ccc(/C=C\c2ccc(CO)o2)o1. The molecule has 2 aromatic rings. The van der Waals surface area contributed by atoms with Crippen LogP contribution in [-0.4, -0.2) is 5.11 Å². The molecule has 2 aromatic heterocycles. The Labute approximate surface area is 93.0 Å². The third-order valence-electron chi connectivity index (χ3n) is 2.13. The van der Waals surface area contributed by atoms with Gasteiger partial charge in [-0.05, 0) is 36.4 Å². The second kappa shape index (κ2) is 4.83. The zero-order valence-corrected chi connectivity index (χ0v) is 8.72. The first kappa shape index (κ1) is 10.7. The average Bonchev–Trinajstić information content (AvgIpc) is 2.95. The topological polar surface area (TPSA) is 72.5 Å². The van der Waals surface area contributed by atoms with E-state index in [0.29, 0.717) is 18.1 Å². The van der Waals surface area contributed by atoms with Gasteiger partial charge in [-0.15, -0.1) is 0 Å². The van der Waals surface area contributed by atoms with E-state index in [-0.39, 0.29) is 6.61 Å². The van der Waals surface area contributed by atoms with Crippen molar-refractivity contribution in [3.63, 3.8) is 0 Å². The summed E-state index contributed by atoms with van der Waals surface area (Å²) in [5.41, 5.74) is 5.43. The molecule has 2 rings (SSSR count). The maximum Gasteiger partial charge on any atom is 0.130 e. The zero-order chi connectivity index (χ0) is 11.4. The Kier molecular flexibility index (Phi) is 3.24. The van der Waals surface area contributed by atoms with Crippen LogP contribution >= 0.6 is 0 Å². The molecule has 0 saturated carbocycles. The largest absolute Gasteiger partial charge is 0.460 e. The van der Waals surface area contributed by atoms with Crippen LogP contribution in [0.3, 0.4) is 0 Å². The van der Waals surface area contributed by atoms with Crippen LogP contribution in [0.25, 0.3) is 12.2 Å². The summed E-state index contributed by atoms with van der Waals surface area (Å²) in [7, 11) is 0.